The first-order valence-electron chi connectivity index (χ1n) is 4.63. The Balaban J connectivity index is 2.50. The van der Waals surface area contributed by atoms with E-state index in [0.717, 1.165) is 6.54 Å². The van der Waals surface area contributed by atoms with Crippen LogP contribution in [0, 0.1) is 5.92 Å². The average molecular weight is 193 g/mol. The van der Waals surface area contributed by atoms with Crippen LogP contribution in [0.1, 0.15) is 6.42 Å². The predicted molar refractivity (Wildman–Crippen MR) is 55.5 cm³/mol. The number of allylic oxidation sites excluding steroid dienone is 4. The molecule has 0 spiro atoms. The summed E-state index contributed by atoms with van der Waals surface area (Å²) in [4.78, 5) is 11.0. The van der Waals surface area contributed by atoms with Crippen molar-refractivity contribution in [1.29, 1.82) is 0 Å². The molecular formula is C11H15NO2. The lowest BCUT2D eigenvalue weighted by molar-refractivity contribution is -0.141. The highest BCUT2D eigenvalue weighted by Crippen LogP contribution is 2.06. The summed E-state index contributed by atoms with van der Waals surface area (Å²) in [7, 11) is 1.41. The molecule has 1 unspecified atom stereocenters. The first-order chi connectivity index (χ1) is 6.83. The second kappa shape index (κ2) is 6.02. The smallest absolute Gasteiger partial charge is 0.306 e. The van der Waals surface area contributed by atoms with Crippen LogP contribution in [0.15, 0.2) is 36.6 Å². The highest BCUT2D eigenvalue weighted by molar-refractivity contribution is 5.69. The van der Waals surface area contributed by atoms with E-state index in [-0.39, 0.29) is 11.9 Å². The Bertz CT molecular complexity index is 266. The summed E-state index contributed by atoms with van der Waals surface area (Å²) < 4.78 is 4.62. The highest BCUT2D eigenvalue weighted by atomic mass is 16.5. The van der Waals surface area contributed by atoms with Crippen molar-refractivity contribution in [2.24, 2.45) is 5.92 Å². The molecule has 0 amide bonds. The summed E-state index contributed by atoms with van der Waals surface area (Å²) in [5, 5.41) is 3.12. The normalized spacial score (nSPS) is 27.4. The molecular weight excluding hydrogens is 178 g/mol. The van der Waals surface area contributed by atoms with Crippen molar-refractivity contribution in [1.82, 2.24) is 5.32 Å². The molecule has 1 aliphatic heterocycles. The van der Waals surface area contributed by atoms with Crippen LogP contribution in [0.3, 0.4) is 0 Å². The molecule has 1 atom stereocenters. The van der Waals surface area contributed by atoms with E-state index >= 15 is 0 Å². The second-order valence-electron chi connectivity index (χ2n) is 3.08. The van der Waals surface area contributed by atoms with Crippen molar-refractivity contribution >= 4 is 5.97 Å². The highest BCUT2D eigenvalue weighted by Gasteiger charge is 2.10. The van der Waals surface area contributed by atoms with Crippen LogP contribution in [-0.4, -0.2) is 19.6 Å². The lowest BCUT2D eigenvalue weighted by atomic mass is 10.1. The van der Waals surface area contributed by atoms with Crippen LogP contribution in [0.4, 0.5) is 0 Å². The third-order valence-electron chi connectivity index (χ3n) is 1.97. The minimum Gasteiger partial charge on any atom is -0.469 e. The zero-order chi connectivity index (χ0) is 10.2. The van der Waals surface area contributed by atoms with E-state index in [1.54, 1.807) is 0 Å². The fraction of sp³-hybridized carbons (Fsp3) is 0.364. The van der Waals surface area contributed by atoms with Gasteiger partial charge in [-0.25, -0.2) is 0 Å². The summed E-state index contributed by atoms with van der Waals surface area (Å²) in [5.74, 6) is 0.0171. The van der Waals surface area contributed by atoms with Crippen molar-refractivity contribution in [2.75, 3.05) is 13.7 Å². The number of hydrogen-bond acceptors (Lipinski definition) is 3. The molecule has 1 aliphatic rings. The van der Waals surface area contributed by atoms with Gasteiger partial charge in [0.25, 0.3) is 0 Å². The fourth-order valence-electron chi connectivity index (χ4n) is 1.20. The van der Waals surface area contributed by atoms with E-state index < -0.39 is 0 Å². The molecule has 0 aromatic carbocycles. The molecule has 14 heavy (non-hydrogen) atoms. The second-order valence-corrected chi connectivity index (χ2v) is 3.08. The molecule has 3 heteroatoms. The van der Waals surface area contributed by atoms with E-state index in [2.05, 4.69) is 10.1 Å². The first kappa shape index (κ1) is 10.6. The molecule has 1 rings (SSSR count). The van der Waals surface area contributed by atoms with Gasteiger partial charge in [0.15, 0.2) is 0 Å². The minimum absolute atomic E-state index is 0.173. The molecule has 0 saturated carbocycles. The van der Waals surface area contributed by atoms with Crippen LogP contribution in [0.2, 0.25) is 0 Å². The summed E-state index contributed by atoms with van der Waals surface area (Å²) in [6, 6.07) is 0. The number of nitrogens with one attached hydrogen (secondary N) is 1. The number of ether oxygens (including phenoxy) is 1. The van der Waals surface area contributed by atoms with Crippen molar-refractivity contribution in [2.45, 2.75) is 6.42 Å². The van der Waals surface area contributed by atoms with Gasteiger partial charge in [0, 0.05) is 12.5 Å². The summed E-state index contributed by atoms with van der Waals surface area (Å²) in [6.45, 7) is 0.754. The van der Waals surface area contributed by atoms with Crippen LogP contribution in [0.25, 0.3) is 0 Å². The average Bonchev–Trinajstić information content (AvgIpc) is 2.31. The lowest BCUT2D eigenvalue weighted by Crippen LogP contribution is -2.19. The zero-order valence-corrected chi connectivity index (χ0v) is 8.27. The van der Waals surface area contributed by atoms with Gasteiger partial charge in [-0.3, -0.25) is 4.79 Å². The van der Waals surface area contributed by atoms with Crippen LogP contribution < -0.4 is 5.32 Å². The van der Waals surface area contributed by atoms with E-state index in [1.807, 2.05) is 36.6 Å². The molecule has 0 bridgehead atoms. The third kappa shape index (κ3) is 3.94. The van der Waals surface area contributed by atoms with E-state index in [9.17, 15) is 4.79 Å². The molecule has 1 heterocycles. The number of methoxy groups -OCH3 is 1. The Hall–Kier alpha value is -1.51. The van der Waals surface area contributed by atoms with Crippen molar-refractivity contribution in [3.63, 3.8) is 0 Å². The van der Waals surface area contributed by atoms with Gasteiger partial charge in [-0.05, 0) is 12.3 Å². The predicted octanol–water partition coefficient (Wildman–Crippen LogP) is 1.39. The maximum absolute atomic E-state index is 11.0. The van der Waals surface area contributed by atoms with Crippen molar-refractivity contribution in [3.05, 3.63) is 36.6 Å². The SMILES string of the molecule is COC(=O)CC1/C=C/C=C\C=C\NC1. The van der Waals surface area contributed by atoms with Gasteiger partial charge in [0.05, 0.1) is 13.5 Å². The van der Waals surface area contributed by atoms with Crippen molar-refractivity contribution in [3.8, 4) is 0 Å². The van der Waals surface area contributed by atoms with E-state index in [0.29, 0.717) is 6.42 Å². The van der Waals surface area contributed by atoms with Gasteiger partial charge in [-0.1, -0.05) is 24.3 Å². The number of carbonyl (C=O) groups excluding carboxylic acids is 1. The minimum atomic E-state index is -0.173. The Morgan fingerprint density at radius 3 is 3.00 bits per heavy atom. The number of carbonyl (C=O) groups is 1. The maximum Gasteiger partial charge on any atom is 0.306 e. The largest absolute Gasteiger partial charge is 0.469 e. The lowest BCUT2D eigenvalue weighted by Gasteiger charge is -2.10. The molecule has 0 fully saturated rings. The summed E-state index contributed by atoms with van der Waals surface area (Å²) in [5.41, 5.74) is 0. The number of hydrogen-bond donors (Lipinski definition) is 1. The maximum atomic E-state index is 11.0. The standard InChI is InChI=1S/C11H15NO2/c1-14-11(13)8-10-6-4-2-3-5-7-12-9-10/h2-7,10,12H,8-9H2,1H3/b3-2-,6-4+,7-5+. The molecule has 0 saturated heterocycles. The Labute approximate surface area is 84.1 Å². The van der Waals surface area contributed by atoms with Crippen molar-refractivity contribution < 1.29 is 9.53 Å². The molecule has 0 aromatic rings. The van der Waals surface area contributed by atoms with E-state index in [4.69, 9.17) is 0 Å². The molecule has 1 N–H and O–H groups in total. The van der Waals surface area contributed by atoms with Crippen LogP contribution >= 0.6 is 0 Å². The fourth-order valence-corrected chi connectivity index (χ4v) is 1.20. The molecule has 0 aromatic heterocycles. The Morgan fingerprint density at radius 1 is 1.43 bits per heavy atom. The van der Waals surface area contributed by atoms with Gasteiger partial charge in [0.1, 0.15) is 0 Å². The topological polar surface area (TPSA) is 38.3 Å². The molecule has 0 radical (unpaired) electrons. The molecule has 0 aliphatic carbocycles. The van der Waals surface area contributed by atoms with Gasteiger partial charge in [-0.2, -0.15) is 0 Å². The number of rotatable bonds is 2. The first-order valence-corrected chi connectivity index (χ1v) is 4.63. The number of esters is 1. The third-order valence-corrected chi connectivity index (χ3v) is 1.97. The van der Waals surface area contributed by atoms with Gasteiger partial charge in [-0.15, -0.1) is 0 Å². The van der Waals surface area contributed by atoms with Gasteiger partial charge in [0.2, 0.25) is 0 Å². The summed E-state index contributed by atoms with van der Waals surface area (Å²) in [6.07, 6.45) is 12.0. The summed E-state index contributed by atoms with van der Waals surface area (Å²) >= 11 is 0. The van der Waals surface area contributed by atoms with Crippen LogP contribution in [-0.2, 0) is 9.53 Å². The Morgan fingerprint density at radius 2 is 2.21 bits per heavy atom. The van der Waals surface area contributed by atoms with Gasteiger partial charge < -0.3 is 10.1 Å². The molecule has 76 valence electrons. The quantitative estimate of drug-likeness (QED) is 0.673. The van der Waals surface area contributed by atoms with Crippen LogP contribution in [0.5, 0.6) is 0 Å². The Kier molecular flexibility index (Phi) is 4.55. The van der Waals surface area contributed by atoms with E-state index in [1.165, 1.54) is 7.11 Å². The van der Waals surface area contributed by atoms with Gasteiger partial charge >= 0.3 is 5.97 Å². The zero-order valence-electron chi connectivity index (χ0n) is 8.27. The monoisotopic (exact) mass is 193 g/mol. The molecule has 3 nitrogen and oxygen atoms in total.